The monoisotopic (exact) mass is 343 g/mol. The molecule has 0 aliphatic rings. The summed E-state index contributed by atoms with van der Waals surface area (Å²) in [6.45, 7) is 5.24. The SMILES string of the molecule is CC(C)(C)OC(=O)NC(CC(=O)O)c1cccc(Br)c1. The largest absolute Gasteiger partial charge is 0.481 e. The van der Waals surface area contributed by atoms with Gasteiger partial charge in [0.1, 0.15) is 5.60 Å². The molecule has 0 saturated carbocycles. The van der Waals surface area contributed by atoms with Gasteiger partial charge in [-0.3, -0.25) is 4.79 Å². The molecule has 0 radical (unpaired) electrons. The zero-order chi connectivity index (χ0) is 15.3. The predicted octanol–water partition coefficient (Wildman–Crippen LogP) is 3.49. The molecule has 6 heteroatoms. The number of halogens is 1. The van der Waals surface area contributed by atoms with E-state index in [4.69, 9.17) is 9.84 Å². The first-order valence-electron chi connectivity index (χ1n) is 6.14. The number of carboxylic acids is 1. The smallest absolute Gasteiger partial charge is 0.408 e. The third kappa shape index (κ3) is 6.06. The Labute approximate surface area is 126 Å². The molecule has 0 heterocycles. The zero-order valence-electron chi connectivity index (χ0n) is 11.6. The Morgan fingerprint density at radius 1 is 1.40 bits per heavy atom. The quantitative estimate of drug-likeness (QED) is 0.877. The van der Waals surface area contributed by atoms with Gasteiger partial charge < -0.3 is 15.2 Å². The highest BCUT2D eigenvalue weighted by atomic mass is 79.9. The number of alkyl carbamates (subject to hydrolysis) is 1. The second-order valence-electron chi connectivity index (χ2n) is 5.35. The molecule has 1 aromatic carbocycles. The number of benzene rings is 1. The molecule has 0 bridgehead atoms. The van der Waals surface area contributed by atoms with Gasteiger partial charge in [0, 0.05) is 4.47 Å². The van der Waals surface area contributed by atoms with Crippen LogP contribution in [0.5, 0.6) is 0 Å². The summed E-state index contributed by atoms with van der Waals surface area (Å²) in [5, 5.41) is 11.5. The maximum atomic E-state index is 11.8. The van der Waals surface area contributed by atoms with Crippen molar-refractivity contribution in [3.05, 3.63) is 34.3 Å². The number of hydrogen-bond donors (Lipinski definition) is 2. The van der Waals surface area contributed by atoms with E-state index >= 15 is 0 Å². The number of amides is 1. The van der Waals surface area contributed by atoms with Crippen molar-refractivity contribution in [3.63, 3.8) is 0 Å². The Bertz CT molecular complexity index is 496. The summed E-state index contributed by atoms with van der Waals surface area (Å²) >= 11 is 3.32. The molecule has 0 aliphatic heterocycles. The van der Waals surface area contributed by atoms with E-state index in [1.165, 1.54) is 0 Å². The second-order valence-corrected chi connectivity index (χ2v) is 6.27. The molecular weight excluding hydrogens is 326 g/mol. The fraction of sp³-hybridized carbons (Fsp3) is 0.429. The number of aliphatic carboxylic acids is 1. The molecule has 0 aromatic heterocycles. The normalized spacial score (nSPS) is 12.6. The lowest BCUT2D eigenvalue weighted by Crippen LogP contribution is -2.35. The number of carbonyl (C=O) groups is 2. The molecule has 0 saturated heterocycles. The fourth-order valence-corrected chi connectivity index (χ4v) is 2.02. The van der Waals surface area contributed by atoms with Gasteiger partial charge in [0.2, 0.25) is 0 Å². The number of carbonyl (C=O) groups excluding carboxylic acids is 1. The van der Waals surface area contributed by atoms with Crippen LogP contribution in [0.3, 0.4) is 0 Å². The van der Waals surface area contributed by atoms with Crippen LogP contribution in [0.15, 0.2) is 28.7 Å². The Morgan fingerprint density at radius 3 is 2.55 bits per heavy atom. The van der Waals surface area contributed by atoms with Gasteiger partial charge in [-0.2, -0.15) is 0 Å². The molecule has 1 amide bonds. The van der Waals surface area contributed by atoms with Crippen LogP contribution in [0, 0.1) is 0 Å². The van der Waals surface area contributed by atoms with Gasteiger partial charge >= 0.3 is 12.1 Å². The first-order valence-corrected chi connectivity index (χ1v) is 6.93. The lowest BCUT2D eigenvalue weighted by molar-refractivity contribution is -0.137. The molecule has 5 nitrogen and oxygen atoms in total. The minimum atomic E-state index is -0.994. The van der Waals surface area contributed by atoms with E-state index in [-0.39, 0.29) is 6.42 Å². The van der Waals surface area contributed by atoms with Crippen molar-refractivity contribution in [1.82, 2.24) is 5.32 Å². The molecule has 2 N–H and O–H groups in total. The second kappa shape index (κ2) is 6.74. The first kappa shape index (κ1) is 16.5. The molecule has 110 valence electrons. The van der Waals surface area contributed by atoms with Crippen molar-refractivity contribution in [3.8, 4) is 0 Å². The maximum absolute atomic E-state index is 11.8. The molecule has 20 heavy (non-hydrogen) atoms. The summed E-state index contributed by atoms with van der Waals surface area (Å²) in [6.07, 6.45) is -0.848. The van der Waals surface area contributed by atoms with Gasteiger partial charge in [-0.15, -0.1) is 0 Å². The molecule has 1 rings (SSSR count). The van der Waals surface area contributed by atoms with E-state index in [9.17, 15) is 9.59 Å². The van der Waals surface area contributed by atoms with Gasteiger partial charge in [-0.05, 0) is 38.5 Å². The highest BCUT2D eigenvalue weighted by Crippen LogP contribution is 2.21. The van der Waals surface area contributed by atoms with Crippen LogP contribution in [0.2, 0.25) is 0 Å². The highest BCUT2D eigenvalue weighted by molar-refractivity contribution is 9.10. The fourth-order valence-electron chi connectivity index (χ4n) is 1.60. The molecule has 1 unspecified atom stereocenters. The standard InChI is InChI=1S/C14H18BrNO4/c1-14(2,3)20-13(19)16-11(8-12(17)18)9-5-4-6-10(15)7-9/h4-7,11H,8H2,1-3H3,(H,16,19)(H,17,18). The van der Waals surface area contributed by atoms with Gasteiger partial charge in [-0.1, -0.05) is 28.1 Å². The average molecular weight is 344 g/mol. The van der Waals surface area contributed by atoms with E-state index < -0.39 is 23.7 Å². The number of hydrogen-bond acceptors (Lipinski definition) is 3. The average Bonchev–Trinajstić information content (AvgIpc) is 2.24. The summed E-state index contributed by atoms with van der Waals surface area (Å²) in [5.41, 5.74) is 0.0717. The van der Waals surface area contributed by atoms with Crippen LogP contribution >= 0.6 is 15.9 Å². The molecule has 0 spiro atoms. The van der Waals surface area contributed by atoms with Crippen LogP contribution in [0.4, 0.5) is 4.79 Å². The van der Waals surface area contributed by atoms with Gasteiger partial charge in [0.25, 0.3) is 0 Å². The summed E-state index contributed by atoms with van der Waals surface area (Å²) in [7, 11) is 0. The summed E-state index contributed by atoms with van der Waals surface area (Å²) in [5.74, 6) is -0.994. The Morgan fingerprint density at radius 2 is 2.05 bits per heavy atom. The van der Waals surface area contributed by atoms with Crippen molar-refractivity contribution < 1.29 is 19.4 Å². The van der Waals surface area contributed by atoms with Crippen molar-refractivity contribution in [1.29, 1.82) is 0 Å². The highest BCUT2D eigenvalue weighted by Gasteiger charge is 2.22. The third-order valence-corrected chi connectivity index (χ3v) is 2.81. The Hall–Kier alpha value is -1.56. The van der Waals surface area contributed by atoms with Gasteiger partial charge in [0.15, 0.2) is 0 Å². The van der Waals surface area contributed by atoms with Crippen LogP contribution < -0.4 is 5.32 Å². The molecule has 0 fully saturated rings. The maximum Gasteiger partial charge on any atom is 0.408 e. The first-order chi connectivity index (χ1) is 9.17. The minimum absolute atomic E-state index is 0.213. The van der Waals surface area contributed by atoms with Gasteiger partial charge in [-0.25, -0.2) is 4.79 Å². The summed E-state index contributed by atoms with van der Waals surface area (Å²) in [6, 6.07) is 6.50. The lowest BCUT2D eigenvalue weighted by Gasteiger charge is -2.23. The topological polar surface area (TPSA) is 75.6 Å². The van der Waals surface area contributed by atoms with Crippen molar-refractivity contribution in [2.45, 2.75) is 38.8 Å². The van der Waals surface area contributed by atoms with E-state index in [2.05, 4.69) is 21.2 Å². The summed E-state index contributed by atoms with van der Waals surface area (Å²) in [4.78, 5) is 22.7. The van der Waals surface area contributed by atoms with E-state index in [0.29, 0.717) is 5.56 Å². The van der Waals surface area contributed by atoms with Crippen molar-refractivity contribution in [2.24, 2.45) is 0 Å². The van der Waals surface area contributed by atoms with E-state index in [0.717, 1.165) is 4.47 Å². The molecule has 0 aliphatic carbocycles. The number of rotatable bonds is 4. The molecule has 1 aromatic rings. The predicted molar refractivity (Wildman–Crippen MR) is 78.5 cm³/mol. The van der Waals surface area contributed by atoms with Crippen molar-refractivity contribution >= 4 is 28.0 Å². The lowest BCUT2D eigenvalue weighted by atomic mass is 10.0. The summed E-state index contributed by atoms with van der Waals surface area (Å²) < 4.78 is 5.96. The van der Waals surface area contributed by atoms with E-state index in [1.54, 1.807) is 39.0 Å². The minimum Gasteiger partial charge on any atom is -0.481 e. The molecule has 1 atom stereocenters. The Kier molecular flexibility index (Phi) is 5.56. The zero-order valence-corrected chi connectivity index (χ0v) is 13.2. The number of carboxylic acid groups (broad SMARTS) is 1. The Balaban J connectivity index is 2.85. The van der Waals surface area contributed by atoms with Crippen LogP contribution in [-0.2, 0) is 9.53 Å². The number of ether oxygens (including phenoxy) is 1. The van der Waals surface area contributed by atoms with Crippen LogP contribution in [0.1, 0.15) is 38.8 Å². The van der Waals surface area contributed by atoms with E-state index in [1.807, 2.05) is 6.07 Å². The van der Waals surface area contributed by atoms with Crippen molar-refractivity contribution in [2.75, 3.05) is 0 Å². The van der Waals surface area contributed by atoms with Crippen LogP contribution in [0.25, 0.3) is 0 Å². The van der Waals surface area contributed by atoms with Crippen LogP contribution in [-0.4, -0.2) is 22.8 Å². The molecular formula is C14H18BrNO4. The third-order valence-electron chi connectivity index (χ3n) is 2.32. The number of nitrogens with one attached hydrogen (secondary N) is 1. The van der Waals surface area contributed by atoms with Gasteiger partial charge in [0.05, 0.1) is 12.5 Å².